The van der Waals surface area contributed by atoms with Crippen LogP contribution in [0.15, 0.2) is 17.8 Å². The van der Waals surface area contributed by atoms with Crippen molar-refractivity contribution in [3.63, 3.8) is 0 Å². The molecule has 1 heterocycles. The van der Waals surface area contributed by atoms with Crippen LogP contribution in [0, 0.1) is 0 Å². The van der Waals surface area contributed by atoms with E-state index in [-0.39, 0.29) is 0 Å². The topological polar surface area (TPSA) is 15.8 Å². The van der Waals surface area contributed by atoms with Gasteiger partial charge >= 0.3 is 0 Å². The predicted octanol–water partition coefficient (Wildman–Crippen LogP) is 2.36. The Morgan fingerprint density at radius 2 is 2.30 bits per heavy atom. The monoisotopic (exact) mass is 133 g/mol. The second-order valence-electron chi connectivity index (χ2n) is 2.90. The Morgan fingerprint density at radius 1 is 1.40 bits per heavy atom. The molecule has 1 aromatic heterocycles. The zero-order valence-corrected chi connectivity index (χ0v) is 6.15. The molecule has 0 saturated carbocycles. The van der Waals surface area contributed by atoms with Gasteiger partial charge < -0.3 is 4.98 Å². The Labute approximate surface area is 60.8 Å². The minimum atomic E-state index is 1.19. The Hall–Kier alpha value is -0.980. The molecule has 1 aliphatic carbocycles. The highest BCUT2D eigenvalue weighted by atomic mass is 14.7. The first-order chi connectivity index (χ1) is 4.86. The van der Waals surface area contributed by atoms with Gasteiger partial charge in [-0.25, -0.2) is 0 Å². The number of allylic oxidation sites excluding steroid dienone is 1. The fourth-order valence-electron chi connectivity index (χ4n) is 1.43. The lowest BCUT2D eigenvalue weighted by molar-refractivity contribution is 0.898. The first-order valence-electron chi connectivity index (χ1n) is 3.70. The molecule has 0 fully saturated rings. The van der Waals surface area contributed by atoms with Gasteiger partial charge in [0.15, 0.2) is 0 Å². The fourth-order valence-corrected chi connectivity index (χ4v) is 1.43. The van der Waals surface area contributed by atoms with E-state index in [0.717, 1.165) is 0 Å². The maximum Gasteiger partial charge on any atom is 0.0223 e. The van der Waals surface area contributed by atoms with Crippen LogP contribution in [0.1, 0.15) is 24.6 Å². The second kappa shape index (κ2) is 2.01. The van der Waals surface area contributed by atoms with Crippen LogP contribution >= 0.6 is 0 Å². The standard InChI is InChI=1S/C9H11N/c1-7-2-3-9-8(6-7)4-5-10-9/h4-6,10H,2-3H2,1H3. The van der Waals surface area contributed by atoms with Crippen molar-refractivity contribution in [1.82, 2.24) is 4.98 Å². The molecule has 0 saturated heterocycles. The van der Waals surface area contributed by atoms with Gasteiger partial charge in [0.1, 0.15) is 0 Å². The maximum atomic E-state index is 3.23. The molecule has 0 unspecified atom stereocenters. The van der Waals surface area contributed by atoms with Crippen molar-refractivity contribution in [2.24, 2.45) is 0 Å². The third-order valence-corrected chi connectivity index (χ3v) is 2.04. The van der Waals surface area contributed by atoms with E-state index in [0.29, 0.717) is 0 Å². The van der Waals surface area contributed by atoms with Gasteiger partial charge in [-0.1, -0.05) is 11.6 Å². The lowest BCUT2D eigenvalue weighted by Gasteiger charge is -2.08. The summed E-state index contributed by atoms with van der Waals surface area (Å²) in [6, 6.07) is 2.14. The van der Waals surface area contributed by atoms with Crippen LogP contribution in [0.25, 0.3) is 6.08 Å². The van der Waals surface area contributed by atoms with Crippen molar-refractivity contribution in [1.29, 1.82) is 0 Å². The molecule has 1 N–H and O–H groups in total. The van der Waals surface area contributed by atoms with E-state index in [1.54, 1.807) is 0 Å². The molecule has 0 amide bonds. The molecule has 0 radical (unpaired) electrons. The van der Waals surface area contributed by atoms with E-state index in [1.807, 2.05) is 6.20 Å². The summed E-state index contributed by atoms with van der Waals surface area (Å²) in [5.74, 6) is 0. The van der Waals surface area contributed by atoms with Crippen molar-refractivity contribution in [2.75, 3.05) is 0 Å². The number of hydrogen-bond donors (Lipinski definition) is 1. The first-order valence-corrected chi connectivity index (χ1v) is 3.70. The Balaban J connectivity index is 2.50. The second-order valence-corrected chi connectivity index (χ2v) is 2.90. The largest absolute Gasteiger partial charge is 0.364 e. The fraction of sp³-hybridized carbons (Fsp3) is 0.333. The molecule has 1 nitrogen and oxygen atoms in total. The number of rotatable bonds is 0. The van der Waals surface area contributed by atoms with Crippen LogP contribution in [0.2, 0.25) is 0 Å². The Bertz CT molecular complexity index is 268. The van der Waals surface area contributed by atoms with E-state index in [1.165, 1.54) is 29.7 Å². The summed E-state index contributed by atoms with van der Waals surface area (Å²) in [4.78, 5) is 3.23. The third-order valence-electron chi connectivity index (χ3n) is 2.04. The molecule has 52 valence electrons. The minimum absolute atomic E-state index is 1.19. The molecule has 1 heteroatoms. The van der Waals surface area contributed by atoms with E-state index >= 15 is 0 Å². The summed E-state index contributed by atoms with van der Waals surface area (Å²) in [6.45, 7) is 2.19. The lowest BCUT2D eigenvalue weighted by Crippen LogP contribution is -1.94. The summed E-state index contributed by atoms with van der Waals surface area (Å²) >= 11 is 0. The molecule has 1 aromatic rings. The van der Waals surface area contributed by atoms with Gasteiger partial charge in [-0.2, -0.15) is 0 Å². The summed E-state index contributed by atoms with van der Waals surface area (Å²) in [7, 11) is 0. The quantitative estimate of drug-likeness (QED) is 0.559. The van der Waals surface area contributed by atoms with Gasteiger partial charge in [-0.15, -0.1) is 0 Å². The molecule has 0 aromatic carbocycles. The van der Waals surface area contributed by atoms with Gasteiger partial charge in [-0.05, 0) is 31.4 Å². The van der Waals surface area contributed by atoms with Crippen LogP contribution in [-0.2, 0) is 6.42 Å². The van der Waals surface area contributed by atoms with Gasteiger partial charge in [0.25, 0.3) is 0 Å². The molecule has 10 heavy (non-hydrogen) atoms. The summed E-state index contributed by atoms with van der Waals surface area (Å²) in [5, 5.41) is 0. The zero-order chi connectivity index (χ0) is 6.97. The maximum absolute atomic E-state index is 3.23. The number of aromatic amines is 1. The number of aromatic nitrogens is 1. The molecule has 0 atom stereocenters. The third kappa shape index (κ3) is 0.783. The van der Waals surface area contributed by atoms with Crippen molar-refractivity contribution in [2.45, 2.75) is 19.8 Å². The van der Waals surface area contributed by atoms with Crippen LogP contribution < -0.4 is 0 Å². The number of fused-ring (bicyclic) bond motifs is 1. The summed E-state index contributed by atoms with van der Waals surface area (Å²) in [6.07, 6.45) is 6.67. The molecular formula is C9H11N. The summed E-state index contributed by atoms with van der Waals surface area (Å²) in [5.41, 5.74) is 4.27. The van der Waals surface area contributed by atoms with Crippen molar-refractivity contribution in [3.05, 3.63) is 29.1 Å². The van der Waals surface area contributed by atoms with Gasteiger partial charge in [-0.3, -0.25) is 0 Å². The average molecular weight is 133 g/mol. The van der Waals surface area contributed by atoms with Crippen LogP contribution in [0.4, 0.5) is 0 Å². The normalized spacial score (nSPS) is 16.3. The highest BCUT2D eigenvalue weighted by Gasteiger charge is 2.06. The van der Waals surface area contributed by atoms with Crippen LogP contribution in [-0.4, -0.2) is 4.98 Å². The van der Waals surface area contributed by atoms with Gasteiger partial charge in [0.05, 0.1) is 0 Å². The van der Waals surface area contributed by atoms with Crippen LogP contribution in [0.3, 0.4) is 0 Å². The van der Waals surface area contributed by atoms with Gasteiger partial charge in [0, 0.05) is 11.9 Å². The van der Waals surface area contributed by atoms with Crippen molar-refractivity contribution >= 4 is 6.08 Å². The number of H-pyrrole nitrogens is 1. The zero-order valence-electron chi connectivity index (χ0n) is 6.15. The predicted molar refractivity (Wildman–Crippen MR) is 42.8 cm³/mol. The number of aryl methyl sites for hydroxylation is 1. The van der Waals surface area contributed by atoms with Crippen molar-refractivity contribution in [3.8, 4) is 0 Å². The van der Waals surface area contributed by atoms with Crippen LogP contribution in [0.5, 0.6) is 0 Å². The van der Waals surface area contributed by atoms with Crippen molar-refractivity contribution < 1.29 is 0 Å². The van der Waals surface area contributed by atoms with E-state index in [4.69, 9.17) is 0 Å². The summed E-state index contributed by atoms with van der Waals surface area (Å²) < 4.78 is 0. The molecule has 0 bridgehead atoms. The molecule has 0 spiro atoms. The van der Waals surface area contributed by atoms with Gasteiger partial charge in [0.2, 0.25) is 0 Å². The average Bonchev–Trinajstić information content (AvgIpc) is 2.33. The highest BCUT2D eigenvalue weighted by molar-refractivity contribution is 5.57. The Kier molecular flexibility index (Phi) is 1.16. The molecule has 0 aliphatic heterocycles. The van der Waals surface area contributed by atoms with E-state index in [9.17, 15) is 0 Å². The number of nitrogens with one attached hydrogen (secondary N) is 1. The minimum Gasteiger partial charge on any atom is -0.364 e. The molecule has 2 rings (SSSR count). The lowest BCUT2D eigenvalue weighted by atomic mass is 9.99. The SMILES string of the molecule is CC1=Cc2cc[nH]c2CC1. The Morgan fingerprint density at radius 3 is 3.20 bits per heavy atom. The molecule has 1 aliphatic rings. The first kappa shape index (κ1) is 5.78. The number of hydrogen-bond acceptors (Lipinski definition) is 0. The molecular weight excluding hydrogens is 122 g/mol. The van der Waals surface area contributed by atoms with E-state index in [2.05, 4.69) is 24.1 Å². The smallest absolute Gasteiger partial charge is 0.0223 e. The highest BCUT2D eigenvalue weighted by Crippen LogP contribution is 2.21. The van der Waals surface area contributed by atoms with E-state index < -0.39 is 0 Å².